The molecule has 0 aromatic carbocycles. The lowest BCUT2D eigenvalue weighted by Crippen LogP contribution is -2.17. The summed E-state index contributed by atoms with van der Waals surface area (Å²) >= 11 is 0. The van der Waals surface area contributed by atoms with Gasteiger partial charge in [-0.2, -0.15) is 0 Å². The summed E-state index contributed by atoms with van der Waals surface area (Å²) in [5.74, 6) is 1.04. The van der Waals surface area contributed by atoms with Crippen molar-refractivity contribution in [1.29, 1.82) is 0 Å². The Labute approximate surface area is 112 Å². The lowest BCUT2D eigenvalue weighted by molar-refractivity contribution is 0.215. The van der Waals surface area contributed by atoms with Crippen molar-refractivity contribution in [2.45, 2.75) is 38.5 Å². The fourth-order valence-electron chi connectivity index (χ4n) is 2.41. The minimum atomic E-state index is -3.07. The van der Waals surface area contributed by atoms with Crippen LogP contribution in [0.25, 0.3) is 0 Å². The van der Waals surface area contributed by atoms with Gasteiger partial charge in [-0.25, -0.2) is 14.0 Å². The Morgan fingerprint density at radius 3 is 2.11 bits per heavy atom. The van der Waals surface area contributed by atoms with Crippen LogP contribution in [0.15, 0.2) is 15.4 Å². The molecule has 104 valence electrons. The third-order valence-corrected chi connectivity index (χ3v) is 6.41. The Kier molecular flexibility index (Phi) is 2.92. The van der Waals surface area contributed by atoms with Crippen molar-refractivity contribution < 1.29 is 19.8 Å². The van der Waals surface area contributed by atoms with Gasteiger partial charge in [0.05, 0.1) is 10.2 Å². The molecule has 2 aliphatic carbocycles. The molecule has 0 radical (unpaired) electrons. The molecule has 6 heteroatoms. The van der Waals surface area contributed by atoms with Crippen LogP contribution in [-0.4, -0.2) is 26.5 Å². The average molecular weight is 283 g/mol. The second kappa shape index (κ2) is 4.37. The van der Waals surface area contributed by atoms with Gasteiger partial charge in [-0.05, 0) is 56.4 Å². The minimum Gasteiger partial charge on any atom is -0.472 e. The molecule has 5 nitrogen and oxygen atoms in total. The van der Waals surface area contributed by atoms with Crippen molar-refractivity contribution in [2.24, 2.45) is 16.2 Å². The summed E-state index contributed by atoms with van der Waals surface area (Å²) in [4.78, 5) is 23.6. The smallest absolute Gasteiger partial charge is 0.380 e. The van der Waals surface area contributed by atoms with Crippen molar-refractivity contribution in [3.05, 3.63) is 11.0 Å². The highest BCUT2D eigenvalue weighted by Gasteiger charge is 2.49. The number of allylic oxidation sites excluding steroid dienone is 2. The normalized spacial score (nSPS) is 26.5. The lowest BCUT2D eigenvalue weighted by Gasteiger charge is -2.25. The maximum atomic E-state index is 11.5. The van der Waals surface area contributed by atoms with Gasteiger partial charge in [-0.3, -0.25) is 0 Å². The molecule has 2 saturated carbocycles. The van der Waals surface area contributed by atoms with Gasteiger partial charge >= 0.3 is 10.6 Å². The first-order valence-corrected chi connectivity index (χ1v) is 8.20. The number of rotatable bonds is 4. The molecule has 1 heterocycles. The predicted octanol–water partition coefficient (Wildman–Crippen LogP) is 4.00. The van der Waals surface area contributed by atoms with Crippen LogP contribution in [0.2, 0.25) is 0 Å². The maximum absolute atomic E-state index is 11.5. The summed E-state index contributed by atoms with van der Waals surface area (Å²) in [7, 11) is -3.07. The van der Waals surface area contributed by atoms with Gasteiger partial charge in [0.25, 0.3) is 0 Å². The fraction of sp³-hybridized carbons (Fsp3) is 0.615. The molecule has 19 heavy (non-hydrogen) atoms. The van der Waals surface area contributed by atoms with Crippen LogP contribution in [0.5, 0.6) is 0 Å². The van der Waals surface area contributed by atoms with Crippen LogP contribution < -0.4 is 0 Å². The number of carbonyl (C=O) groups is 2. The molecule has 3 rings (SSSR count). The van der Waals surface area contributed by atoms with Crippen LogP contribution in [0.1, 0.15) is 38.5 Å². The molecule has 0 aromatic rings. The second-order valence-corrected chi connectivity index (χ2v) is 8.17. The Hall–Kier alpha value is -1.30. The van der Waals surface area contributed by atoms with Gasteiger partial charge < -0.3 is 10.2 Å². The third kappa shape index (κ3) is 2.29. The second-order valence-electron chi connectivity index (χ2n) is 5.60. The van der Waals surface area contributed by atoms with E-state index in [1.807, 2.05) is 0 Å². The molecule has 0 aromatic heterocycles. The SMILES string of the molecule is O=C(O)S1(C(=O)O)N=C(CC2CC2)C=C1CC1CC1. The summed E-state index contributed by atoms with van der Waals surface area (Å²) in [6.07, 6.45) is 7.54. The number of hydrogen-bond donors (Lipinski definition) is 2. The average Bonchev–Trinajstić information content (AvgIpc) is 3.20. The van der Waals surface area contributed by atoms with Crippen LogP contribution in [-0.2, 0) is 0 Å². The largest absolute Gasteiger partial charge is 0.472 e. The van der Waals surface area contributed by atoms with Crippen molar-refractivity contribution in [3.8, 4) is 0 Å². The quantitative estimate of drug-likeness (QED) is 0.816. The van der Waals surface area contributed by atoms with Gasteiger partial charge in [0.15, 0.2) is 0 Å². The van der Waals surface area contributed by atoms with Crippen LogP contribution in [0, 0.1) is 11.8 Å². The lowest BCUT2D eigenvalue weighted by atomic mass is 10.1. The van der Waals surface area contributed by atoms with Crippen molar-refractivity contribution in [3.63, 3.8) is 0 Å². The molecule has 0 spiro atoms. The van der Waals surface area contributed by atoms with Gasteiger partial charge in [0, 0.05) is 10.6 Å². The topological polar surface area (TPSA) is 87.0 Å². The summed E-state index contributed by atoms with van der Waals surface area (Å²) in [6, 6.07) is 0. The van der Waals surface area contributed by atoms with E-state index in [0.29, 0.717) is 28.9 Å². The van der Waals surface area contributed by atoms with Gasteiger partial charge in [-0.1, -0.05) is 0 Å². The van der Waals surface area contributed by atoms with E-state index in [1.165, 1.54) is 0 Å². The fourth-order valence-corrected chi connectivity index (χ4v) is 4.54. The summed E-state index contributed by atoms with van der Waals surface area (Å²) in [6.45, 7) is 0. The van der Waals surface area contributed by atoms with Crippen LogP contribution >= 0.6 is 10.2 Å². The Morgan fingerprint density at radius 2 is 1.63 bits per heavy atom. The van der Waals surface area contributed by atoms with E-state index < -0.39 is 20.8 Å². The molecular formula is C13H17NO4S. The summed E-state index contributed by atoms with van der Waals surface area (Å²) in [5, 5.41) is 16.3. The molecule has 0 unspecified atom stereocenters. The van der Waals surface area contributed by atoms with E-state index in [2.05, 4.69) is 4.40 Å². The van der Waals surface area contributed by atoms with Crippen molar-refractivity contribution in [2.75, 3.05) is 0 Å². The molecule has 0 bridgehead atoms. The van der Waals surface area contributed by atoms with E-state index >= 15 is 0 Å². The Bertz CT molecular complexity index is 489. The maximum Gasteiger partial charge on any atom is 0.380 e. The zero-order chi connectivity index (χ0) is 13.6. The van der Waals surface area contributed by atoms with Gasteiger partial charge in [0.2, 0.25) is 0 Å². The zero-order valence-electron chi connectivity index (χ0n) is 10.5. The molecule has 0 saturated heterocycles. The first kappa shape index (κ1) is 12.7. The third-order valence-electron chi connectivity index (χ3n) is 3.85. The zero-order valence-corrected chi connectivity index (χ0v) is 11.4. The molecule has 1 aliphatic heterocycles. The monoisotopic (exact) mass is 283 g/mol. The molecule has 0 atom stereocenters. The van der Waals surface area contributed by atoms with Crippen LogP contribution in [0.3, 0.4) is 0 Å². The van der Waals surface area contributed by atoms with E-state index in [1.54, 1.807) is 6.08 Å². The number of carboxylic acid groups (broad SMARTS) is 2. The predicted molar refractivity (Wildman–Crippen MR) is 73.8 cm³/mol. The standard InChI is InChI=1S/C13H17NO4S/c15-12(16)19(13(17)18)11(6-9-3-4-9)7-10(14-19)5-8-1-2-8/h7-9H,1-6H2,(H,15,16)(H,17,18). The van der Waals surface area contributed by atoms with E-state index in [4.69, 9.17) is 0 Å². The highest BCUT2D eigenvalue weighted by atomic mass is 32.3. The molecular weight excluding hydrogens is 266 g/mol. The van der Waals surface area contributed by atoms with Gasteiger partial charge in [0.1, 0.15) is 0 Å². The van der Waals surface area contributed by atoms with Crippen molar-refractivity contribution in [1.82, 2.24) is 0 Å². The minimum absolute atomic E-state index is 0.465. The Morgan fingerprint density at radius 1 is 1.11 bits per heavy atom. The molecule has 2 fully saturated rings. The first-order valence-electron chi connectivity index (χ1n) is 6.61. The van der Waals surface area contributed by atoms with Gasteiger partial charge in [-0.15, -0.1) is 0 Å². The van der Waals surface area contributed by atoms with Crippen molar-refractivity contribution >= 4 is 26.5 Å². The van der Waals surface area contributed by atoms with Crippen LogP contribution in [0.4, 0.5) is 9.59 Å². The number of nitrogens with zero attached hydrogens (tertiary/aromatic N) is 1. The first-order chi connectivity index (χ1) is 9.02. The van der Waals surface area contributed by atoms with E-state index in [9.17, 15) is 19.8 Å². The van der Waals surface area contributed by atoms with E-state index in [0.717, 1.165) is 32.1 Å². The molecule has 3 aliphatic rings. The molecule has 2 N–H and O–H groups in total. The highest BCUT2D eigenvalue weighted by molar-refractivity contribution is 8.57. The van der Waals surface area contributed by atoms with E-state index in [-0.39, 0.29) is 0 Å². The molecule has 0 amide bonds. The summed E-state index contributed by atoms with van der Waals surface area (Å²) in [5.41, 5.74) is 0.693. The summed E-state index contributed by atoms with van der Waals surface area (Å²) < 4.78 is 4.17. The number of hydrogen-bond acceptors (Lipinski definition) is 3. The highest BCUT2D eigenvalue weighted by Crippen LogP contribution is 2.64. The Balaban J connectivity index is 1.92.